The zero-order valence-electron chi connectivity index (χ0n) is 15.3. The molecule has 4 aromatic rings. The van der Waals surface area contributed by atoms with Gasteiger partial charge in [-0.1, -0.05) is 12.1 Å². The fourth-order valence-corrected chi connectivity index (χ4v) is 4.24. The zero-order chi connectivity index (χ0) is 20.7. The number of nitrogens with one attached hydrogen (secondary N) is 2. The largest absolute Gasteiger partial charge is 0.329 e. The smallest absolute Gasteiger partial charge is 0.302 e. The van der Waals surface area contributed by atoms with Crippen LogP contribution in [0.3, 0.4) is 0 Å². The third-order valence-corrected chi connectivity index (χ3v) is 5.91. The van der Waals surface area contributed by atoms with Crippen LogP contribution in [0.2, 0.25) is 0 Å². The number of hydrogen-bond donors (Lipinski definition) is 2. The molecule has 1 amide bonds. The Kier molecular flexibility index (Phi) is 4.84. The maximum Gasteiger partial charge on any atom is 0.329 e. The van der Waals surface area contributed by atoms with Crippen LogP contribution in [-0.2, 0) is 18.3 Å². The van der Waals surface area contributed by atoms with Gasteiger partial charge >= 0.3 is 5.69 Å². The molecule has 0 aliphatic rings. The molecule has 2 N–H and O–H groups in total. The molecule has 0 spiro atoms. The first-order valence-electron chi connectivity index (χ1n) is 8.43. The van der Waals surface area contributed by atoms with E-state index in [2.05, 4.69) is 19.7 Å². The molecule has 0 fully saturated rings. The number of carbonyl (C=O) groups excluding carboxylic acids is 1. The van der Waals surface area contributed by atoms with Crippen molar-refractivity contribution in [2.45, 2.75) is 13.3 Å². The predicted molar refractivity (Wildman–Crippen MR) is 110 cm³/mol. The molecule has 3 heterocycles. The molecule has 0 bridgehead atoms. The number of nitrogens with zero attached hydrogens (tertiary/aromatic N) is 3. The van der Waals surface area contributed by atoms with E-state index >= 15 is 0 Å². The number of anilines is 1. The van der Waals surface area contributed by atoms with Crippen molar-refractivity contribution in [2.75, 3.05) is 5.32 Å². The maximum atomic E-state index is 13.8. The highest BCUT2D eigenvalue weighted by Crippen LogP contribution is 2.26. The van der Waals surface area contributed by atoms with E-state index in [0.717, 1.165) is 16.1 Å². The summed E-state index contributed by atoms with van der Waals surface area (Å²) in [5.74, 6) is -0.724. The molecule has 1 aromatic carbocycles. The van der Waals surface area contributed by atoms with Gasteiger partial charge in [0.05, 0.1) is 23.2 Å². The molecule has 0 unspecified atom stereocenters. The summed E-state index contributed by atoms with van der Waals surface area (Å²) in [4.78, 5) is 43.6. The van der Waals surface area contributed by atoms with Crippen LogP contribution >= 0.6 is 22.9 Å². The molecule has 148 valence electrons. The van der Waals surface area contributed by atoms with Crippen molar-refractivity contribution in [1.82, 2.24) is 18.9 Å². The minimum Gasteiger partial charge on any atom is -0.302 e. The lowest BCUT2D eigenvalue weighted by Gasteiger charge is -2.01. The number of aromatic nitrogens is 4. The first kappa shape index (κ1) is 19.2. The van der Waals surface area contributed by atoms with Gasteiger partial charge in [0.15, 0.2) is 5.13 Å². The molecule has 0 saturated heterocycles. The Morgan fingerprint density at radius 3 is 2.90 bits per heavy atom. The van der Waals surface area contributed by atoms with E-state index in [4.69, 9.17) is 0 Å². The van der Waals surface area contributed by atoms with Crippen LogP contribution in [0.5, 0.6) is 0 Å². The van der Waals surface area contributed by atoms with Gasteiger partial charge in [-0.2, -0.15) is 4.37 Å². The summed E-state index contributed by atoms with van der Waals surface area (Å²) in [6.45, 7) is 1.68. The molecule has 4 rings (SSSR count). The number of aromatic amines is 1. The van der Waals surface area contributed by atoms with Crippen molar-refractivity contribution < 1.29 is 9.18 Å². The van der Waals surface area contributed by atoms with E-state index < -0.39 is 17.2 Å². The first-order valence-corrected chi connectivity index (χ1v) is 10.1. The van der Waals surface area contributed by atoms with Crippen LogP contribution in [0.1, 0.15) is 11.3 Å². The quantitative estimate of drug-likeness (QED) is 0.516. The first-order chi connectivity index (χ1) is 13.8. The van der Waals surface area contributed by atoms with E-state index in [9.17, 15) is 18.8 Å². The Bertz CT molecular complexity index is 1370. The van der Waals surface area contributed by atoms with E-state index in [1.54, 1.807) is 24.4 Å². The average molecular weight is 431 g/mol. The Morgan fingerprint density at radius 1 is 1.34 bits per heavy atom. The van der Waals surface area contributed by atoms with Gasteiger partial charge < -0.3 is 5.32 Å². The number of aryl methyl sites for hydroxylation is 1. The molecule has 0 aliphatic heterocycles. The number of H-pyrrole nitrogens is 1. The van der Waals surface area contributed by atoms with E-state index in [1.807, 2.05) is 0 Å². The standard InChI is InChI=1S/C18H14FN5O3S2/c1-8-3-4-9(5-10(8)19)12-7-28-17(20-12)21-13(25)6-11-14-15(29-23-11)22-18(27)24(2)16(14)26/h3-5,7H,6H2,1-2H3,(H,22,27)(H,20,21,25). The molecular weight excluding hydrogens is 417 g/mol. The van der Waals surface area contributed by atoms with Crippen LogP contribution in [0.15, 0.2) is 33.2 Å². The Hall–Kier alpha value is -3.18. The number of halogens is 1. The lowest BCUT2D eigenvalue weighted by molar-refractivity contribution is -0.115. The minimum absolute atomic E-state index is 0.143. The molecule has 3 aromatic heterocycles. The van der Waals surface area contributed by atoms with Gasteiger partial charge in [-0.3, -0.25) is 19.1 Å². The third-order valence-electron chi connectivity index (χ3n) is 4.35. The third kappa shape index (κ3) is 3.61. The zero-order valence-corrected chi connectivity index (χ0v) is 16.9. The highest BCUT2D eigenvalue weighted by Gasteiger charge is 2.17. The Labute approximate surface area is 170 Å². The van der Waals surface area contributed by atoms with Gasteiger partial charge in [0.25, 0.3) is 5.56 Å². The lowest BCUT2D eigenvalue weighted by Crippen LogP contribution is -2.32. The minimum atomic E-state index is -0.537. The fraction of sp³-hybridized carbons (Fsp3) is 0.167. The predicted octanol–water partition coefficient (Wildman–Crippen LogP) is 2.44. The Morgan fingerprint density at radius 2 is 2.14 bits per heavy atom. The van der Waals surface area contributed by atoms with Crippen molar-refractivity contribution in [3.8, 4) is 11.3 Å². The van der Waals surface area contributed by atoms with Crippen LogP contribution in [0.4, 0.5) is 9.52 Å². The normalized spacial score (nSPS) is 11.1. The fourth-order valence-electron chi connectivity index (χ4n) is 2.72. The number of benzene rings is 1. The van der Waals surface area contributed by atoms with E-state index in [-0.39, 0.29) is 23.3 Å². The van der Waals surface area contributed by atoms with Crippen LogP contribution in [0, 0.1) is 12.7 Å². The molecule has 0 saturated carbocycles. The molecule has 0 aliphatic carbocycles. The van der Waals surface area contributed by atoms with Crippen molar-refractivity contribution in [3.63, 3.8) is 0 Å². The highest BCUT2D eigenvalue weighted by atomic mass is 32.1. The average Bonchev–Trinajstić information content (AvgIpc) is 3.29. The summed E-state index contributed by atoms with van der Waals surface area (Å²) >= 11 is 2.17. The van der Waals surface area contributed by atoms with Gasteiger partial charge in [0.2, 0.25) is 5.91 Å². The van der Waals surface area contributed by atoms with Crippen molar-refractivity contribution in [3.05, 3.63) is 61.5 Å². The summed E-state index contributed by atoms with van der Waals surface area (Å²) in [6.07, 6.45) is -0.143. The second-order valence-electron chi connectivity index (χ2n) is 6.35. The van der Waals surface area contributed by atoms with E-state index in [0.29, 0.717) is 26.8 Å². The monoisotopic (exact) mass is 431 g/mol. The van der Waals surface area contributed by atoms with Crippen LogP contribution in [-0.4, -0.2) is 24.8 Å². The molecule has 0 atom stereocenters. The lowest BCUT2D eigenvalue weighted by atomic mass is 10.1. The van der Waals surface area contributed by atoms with Crippen molar-refractivity contribution in [2.24, 2.45) is 7.05 Å². The molecule has 8 nitrogen and oxygen atoms in total. The number of carbonyl (C=O) groups is 1. The van der Waals surface area contributed by atoms with E-state index in [1.165, 1.54) is 24.5 Å². The summed E-state index contributed by atoms with van der Waals surface area (Å²) in [7, 11) is 1.35. The van der Waals surface area contributed by atoms with Gasteiger partial charge in [-0.25, -0.2) is 14.2 Å². The number of rotatable bonds is 4. The van der Waals surface area contributed by atoms with Crippen LogP contribution < -0.4 is 16.6 Å². The highest BCUT2D eigenvalue weighted by molar-refractivity contribution is 7.14. The summed E-state index contributed by atoms with van der Waals surface area (Å²) in [6, 6.07) is 4.82. The van der Waals surface area contributed by atoms with Gasteiger partial charge in [-0.05, 0) is 30.1 Å². The van der Waals surface area contributed by atoms with Crippen molar-refractivity contribution in [1.29, 1.82) is 0 Å². The van der Waals surface area contributed by atoms with Crippen LogP contribution in [0.25, 0.3) is 21.5 Å². The van der Waals surface area contributed by atoms with Gasteiger partial charge in [-0.15, -0.1) is 11.3 Å². The van der Waals surface area contributed by atoms with Gasteiger partial charge in [0, 0.05) is 18.0 Å². The number of amides is 1. The Balaban J connectivity index is 1.54. The SMILES string of the molecule is Cc1ccc(-c2csc(NC(=O)Cc3nsc4[nH]c(=O)n(C)c(=O)c34)n2)cc1F. The number of thiazole rings is 1. The molecular formula is C18H14FN5O3S2. The maximum absolute atomic E-state index is 13.8. The summed E-state index contributed by atoms with van der Waals surface area (Å²) < 4.78 is 18.8. The summed E-state index contributed by atoms with van der Waals surface area (Å²) in [5, 5.41) is 4.96. The van der Waals surface area contributed by atoms with Crippen molar-refractivity contribution >= 4 is 44.1 Å². The number of hydrogen-bond acceptors (Lipinski definition) is 7. The topological polar surface area (TPSA) is 110 Å². The summed E-state index contributed by atoms with van der Waals surface area (Å²) in [5.41, 5.74) is 0.956. The number of fused-ring (bicyclic) bond motifs is 1. The molecule has 11 heteroatoms. The molecule has 0 radical (unpaired) electrons. The second kappa shape index (κ2) is 7.33. The molecule has 29 heavy (non-hydrogen) atoms. The van der Waals surface area contributed by atoms with Gasteiger partial charge in [0.1, 0.15) is 10.6 Å². The second-order valence-corrected chi connectivity index (χ2v) is 7.99.